The monoisotopic (exact) mass is 289 g/mol. The number of fused-ring (bicyclic) bond motifs is 1. The first-order chi connectivity index (χ1) is 10.3. The summed E-state index contributed by atoms with van der Waals surface area (Å²) in [5.74, 6) is 3.35. The Morgan fingerprint density at radius 1 is 1.14 bits per heavy atom. The van der Waals surface area contributed by atoms with Crippen LogP contribution in [0.4, 0.5) is 0 Å². The Bertz CT molecular complexity index is 621. The van der Waals surface area contributed by atoms with Gasteiger partial charge < -0.3 is 23.9 Å². The van der Waals surface area contributed by atoms with E-state index in [0.717, 1.165) is 35.1 Å². The van der Waals surface area contributed by atoms with Crippen LogP contribution in [0.1, 0.15) is 22.6 Å². The number of benzene rings is 1. The summed E-state index contributed by atoms with van der Waals surface area (Å²) in [7, 11) is 1.92. The van der Waals surface area contributed by atoms with Crippen molar-refractivity contribution in [2.75, 3.05) is 13.8 Å². The van der Waals surface area contributed by atoms with Gasteiger partial charge in [-0.05, 0) is 37.7 Å². The lowest BCUT2D eigenvalue weighted by molar-refractivity contribution is 0.0922. The molecule has 5 heteroatoms. The fourth-order valence-corrected chi connectivity index (χ4v) is 2.32. The molecule has 0 saturated carbocycles. The van der Waals surface area contributed by atoms with Crippen LogP contribution in [-0.4, -0.2) is 13.8 Å². The minimum Gasteiger partial charge on any atom is -0.464 e. The van der Waals surface area contributed by atoms with Gasteiger partial charge in [-0.1, -0.05) is 6.07 Å². The predicted molar refractivity (Wildman–Crippen MR) is 77.3 cm³/mol. The van der Waals surface area contributed by atoms with Crippen LogP contribution in [-0.2, 0) is 24.5 Å². The molecule has 0 amide bonds. The molecule has 0 fully saturated rings. The highest BCUT2D eigenvalue weighted by atomic mass is 16.7. The molecule has 112 valence electrons. The van der Waals surface area contributed by atoms with Gasteiger partial charge in [-0.2, -0.15) is 0 Å². The number of hydrogen-bond acceptors (Lipinski definition) is 5. The molecule has 1 aliphatic rings. The van der Waals surface area contributed by atoms with Crippen LogP contribution in [0.3, 0.4) is 0 Å². The van der Waals surface area contributed by atoms with Crippen molar-refractivity contribution in [2.45, 2.75) is 26.7 Å². The fourth-order valence-electron chi connectivity index (χ4n) is 2.32. The fraction of sp³-hybridized carbons (Fsp3) is 0.375. The molecule has 0 aliphatic carbocycles. The number of hydrogen-bond donors (Lipinski definition) is 1. The van der Waals surface area contributed by atoms with E-state index in [0.29, 0.717) is 20.0 Å². The Balaban J connectivity index is 1.55. The Morgan fingerprint density at radius 2 is 2.00 bits per heavy atom. The second-order valence-corrected chi connectivity index (χ2v) is 5.00. The molecule has 21 heavy (non-hydrogen) atoms. The first kappa shape index (κ1) is 14.0. The molecule has 0 saturated heterocycles. The number of aryl methyl sites for hydroxylation is 1. The first-order valence-corrected chi connectivity index (χ1v) is 6.95. The van der Waals surface area contributed by atoms with E-state index < -0.39 is 0 Å². The normalized spacial score (nSPS) is 12.9. The van der Waals surface area contributed by atoms with Crippen LogP contribution < -0.4 is 14.8 Å². The third-order valence-electron chi connectivity index (χ3n) is 3.39. The minimum atomic E-state index is 0.291. The van der Waals surface area contributed by atoms with Gasteiger partial charge in [-0.25, -0.2) is 0 Å². The van der Waals surface area contributed by atoms with E-state index in [1.165, 1.54) is 5.56 Å². The van der Waals surface area contributed by atoms with E-state index in [-0.39, 0.29) is 0 Å². The lowest BCUT2D eigenvalue weighted by Gasteiger charge is -2.04. The summed E-state index contributed by atoms with van der Waals surface area (Å²) in [5, 5.41) is 3.12. The Morgan fingerprint density at radius 3 is 2.86 bits per heavy atom. The van der Waals surface area contributed by atoms with Crippen molar-refractivity contribution in [2.24, 2.45) is 0 Å². The highest BCUT2D eigenvalue weighted by Gasteiger charge is 2.13. The maximum atomic E-state index is 5.70. The van der Waals surface area contributed by atoms with Crippen LogP contribution in [0, 0.1) is 6.92 Å². The van der Waals surface area contributed by atoms with E-state index in [1.807, 2.05) is 38.2 Å². The summed E-state index contributed by atoms with van der Waals surface area (Å²) in [4.78, 5) is 0. The molecule has 0 unspecified atom stereocenters. The predicted octanol–water partition coefficient (Wildman–Crippen LogP) is 2.75. The smallest absolute Gasteiger partial charge is 0.231 e. The molecule has 1 aromatic carbocycles. The number of furan rings is 1. The summed E-state index contributed by atoms with van der Waals surface area (Å²) < 4.78 is 22.0. The van der Waals surface area contributed by atoms with Crippen LogP contribution in [0.25, 0.3) is 0 Å². The van der Waals surface area contributed by atoms with Gasteiger partial charge in [0.05, 0.1) is 6.61 Å². The molecular formula is C16H19NO4. The SMILES string of the molecule is CNCc1cc(COCc2ccc3c(c2)OCO3)oc1C. The maximum Gasteiger partial charge on any atom is 0.231 e. The topological polar surface area (TPSA) is 52.9 Å². The van der Waals surface area contributed by atoms with E-state index >= 15 is 0 Å². The Labute approximate surface area is 123 Å². The van der Waals surface area contributed by atoms with Crippen molar-refractivity contribution < 1.29 is 18.6 Å². The number of ether oxygens (including phenoxy) is 3. The van der Waals surface area contributed by atoms with Crippen molar-refractivity contribution in [3.05, 3.63) is 46.9 Å². The molecule has 0 atom stereocenters. The highest BCUT2D eigenvalue weighted by molar-refractivity contribution is 5.44. The lowest BCUT2D eigenvalue weighted by atomic mass is 10.2. The van der Waals surface area contributed by atoms with Gasteiger partial charge in [0.2, 0.25) is 6.79 Å². The van der Waals surface area contributed by atoms with Gasteiger partial charge in [-0.3, -0.25) is 0 Å². The molecule has 2 heterocycles. The van der Waals surface area contributed by atoms with Gasteiger partial charge in [-0.15, -0.1) is 0 Å². The summed E-state index contributed by atoms with van der Waals surface area (Å²) in [6.07, 6.45) is 0. The van der Waals surface area contributed by atoms with E-state index in [4.69, 9.17) is 18.6 Å². The first-order valence-electron chi connectivity index (χ1n) is 6.95. The standard InChI is InChI=1S/C16H19NO4/c1-11-13(7-17-2)6-14(21-11)9-18-8-12-3-4-15-16(5-12)20-10-19-15/h3-6,17H,7-10H2,1-2H3. The zero-order valence-corrected chi connectivity index (χ0v) is 12.3. The second kappa shape index (κ2) is 6.20. The van der Waals surface area contributed by atoms with Crippen molar-refractivity contribution in [3.8, 4) is 11.5 Å². The third-order valence-corrected chi connectivity index (χ3v) is 3.39. The van der Waals surface area contributed by atoms with E-state index in [2.05, 4.69) is 5.32 Å². The molecule has 1 N–H and O–H groups in total. The van der Waals surface area contributed by atoms with Crippen LogP contribution in [0.15, 0.2) is 28.7 Å². The van der Waals surface area contributed by atoms with E-state index in [9.17, 15) is 0 Å². The van der Waals surface area contributed by atoms with Crippen molar-refractivity contribution in [1.82, 2.24) is 5.32 Å². The lowest BCUT2D eigenvalue weighted by Crippen LogP contribution is -2.04. The zero-order valence-electron chi connectivity index (χ0n) is 12.3. The summed E-state index contributed by atoms with van der Waals surface area (Å²) >= 11 is 0. The zero-order chi connectivity index (χ0) is 14.7. The molecule has 2 aromatic rings. The molecule has 5 nitrogen and oxygen atoms in total. The molecule has 0 bridgehead atoms. The van der Waals surface area contributed by atoms with Gasteiger partial charge in [0.15, 0.2) is 11.5 Å². The molecule has 0 spiro atoms. The quantitative estimate of drug-likeness (QED) is 0.886. The van der Waals surface area contributed by atoms with Crippen LogP contribution in [0.2, 0.25) is 0 Å². The Hall–Kier alpha value is -1.98. The van der Waals surface area contributed by atoms with Crippen molar-refractivity contribution >= 4 is 0 Å². The van der Waals surface area contributed by atoms with Crippen molar-refractivity contribution in [3.63, 3.8) is 0 Å². The third kappa shape index (κ3) is 3.20. The largest absolute Gasteiger partial charge is 0.464 e. The van der Waals surface area contributed by atoms with Crippen LogP contribution >= 0.6 is 0 Å². The van der Waals surface area contributed by atoms with Gasteiger partial charge >= 0.3 is 0 Å². The number of nitrogens with one attached hydrogen (secondary N) is 1. The van der Waals surface area contributed by atoms with Crippen LogP contribution in [0.5, 0.6) is 11.5 Å². The Kier molecular flexibility index (Phi) is 4.13. The number of rotatable bonds is 6. The molecular weight excluding hydrogens is 270 g/mol. The molecule has 1 aromatic heterocycles. The summed E-state index contributed by atoms with van der Waals surface area (Å²) in [6.45, 7) is 4.03. The molecule has 3 rings (SSSR count). The van der Waals surface area contributed by atoms with Crippen molar-refractivity contribution in [1.29, 1.82) is 0 Å². The van der Waals surface area contributed by atoms with Gasteiger partial charge in [0, 0.05) is 12.1 Å². The maximum absolute atomic E-state index is 5.70. The average Bonchev–Trinajstić information content (AvgIpc) is 3.06. The molecule has 1 aliphatic heterocycles. The average molecular weight is 289 g/mol. The second-order valence-electron chi connectivity index (χ2n) is 5.00. The highest BCUT2D eigenvalue weighted by Crippen LogP contribution is 2.32. The summed E-state index contributed by atoms with van der Waals surface area (Å²) in [6, 6.07) is 7.87. The minimum absolute atomic E-state index is 0.291. The van der Waals surface area contributed by atoms with E-state index in [1.54, 1.807) is 0 Å². The van der Waals surface area contributed by atoms with Gasteiger partial charge in [0.1, 0.15) is 18.1 Å². The van der Waals surface area contributed by atoms with Gasteiger partial charge in [0.25, 0.3) is 0 Å². The molecule has 0 radical (unpaired) electrons. The summed E-state index contributed by atoms with van der Waals surface area (Å²) in [5.41, 5.74) is 2.22.